The Kier molecular flexibility index (Phi) is 6.80. The van der Waals surface area contributed by atoms with E-state index < -0.39 is 25.6 Å². The number of halogens is 3. The molecule has 0 radical (unpaired) electrons. The van der Waals surface area contributed by atoms with Crippen molar-refractivity contribution >= 4 is 6.98 Å². The zero-order chi connectivity index (χ0) is 10.1. The first-order valence-corrected chi connectivity index (χ1v) is 4.06. The molecule has 0 aliphatic carbocycles. The first-order chi connectivity index (χ1) is 5.92. The van der Waals surface area contributed by atoms with Gasteiger partial charge in [0.2, 0.25) is 0 Å². The minimum Gasteiger partial charge on any atom is -0.448 e. The van der Waals surface area contributed by atoms with Crippen LogP contribution in [0.25, 0.3) is 0 Å². The Hall–Kier alpha value is 1.37. The van der Waals surface area contributed by atoms with Gasteiger partial charge in [0, 0.05) is 20.2 Å². The molecule has 1 N–H and O–H groups in total. The molecule has 0 aromatic heterocycles. The third-order valence-corrected chi connectivity index (χ3v) is 2.08. The van der Waals surface area contributed by atoms with Crippen LogP contribution in [0, 0.1) is 0 Å². The molecule has 2 atom stereocenters. The van der Waals surface area contributed by atoms with Gasteiger partial charge in [-0.2, -0.15) is 0 Å². The van der Waals surface area contributed by atoms with Gasteiger partial charge in [-0.1, -0.05) is 0 Å². The summed E-state index contributed by atoms with van der Waals surface area (Å²) in [6.07, 6.45) is -2.21. The van der Waals surface area contributed by atoms with Gasteiger partial charge in [-0.25, -0.2) is 0 Å². The summed E-state index contributed by atoms with van der Waals surface area (Å²) in [5, 5.41) is 9.23. The van der Waals surface area contributed by atoms with Gasteiger partial charge in [0.25, 0.3) is 0 Å². The molecular formula is C6H12BF3KNO2. The van der Waals surface area contributed by atoms with E-state index in [4.69, 9.17) is 4.74 Å². The van der Waals surface area contributed by atoms with Crippen LogP contribution in [0.2, 0.25) is 0 Å². The molecule has 0 aromatic rings. The zero-order valence-electron chi connectivity index (χ0n) is 8.29. The van der Waals surface area contributed by atoms with Crippen LogP contribution in [-0.4, -0.2) is 55.8 Å². The molecule has 14 heavy (non-hydrogen) atoms. The van der Waals surface area contributed by atoms with Gasteiger partial charge in [0.15, 0.2) is 0 Å². The number of ether oxygens (including phenoxy) is 1. The van der Waals surface area contributed by atoms with Crippen LogP contribution < -0.4 is 51.4 Å². The fourth-order valence-electron chi connectivity index (χ4n) is 1.51. The number of methoxy groups -OCH3 is 1. The molecule has 0 unspecified atom stereocenters. The summed E-state index contributed by atoms with van der Waals surface area (Å²) < 4.78 is 40.7. The third kappa shape index (κ3) is 4.93. The molecule has 0 spiro atoms. The van der Waals surface area contributed by atoms with E-state index in [9.17, 15) is 18.1 Å². The number of β-amino-alcohol motifs (C(OH)–C–C–N with tert-alkyl or cyclic N) is 1. The molecule has 1 rings (SSSR count). The van der Waals surface area contributed by atoms with Crippen molar-refractivity contribution < 1.29 is 74.2 Å². The second-order valence-corrected chi connectivity index (χ2v) is 3.27. The van der Waals surface area contributed by atoms with Crippen molar-refractivity contribution in [1.82, 2.24) is 4.90 Å². The van der Waals surface area contributed by atoms with E-state index in [0.29, 0.717) is 0 Å². The average molecular weight is 237 g/mol. The molecule has 1 fully saturated rings. The van der Waals surface area contributed by atoms with E-state index in [1.807, 2.05) is 0 Å². The van der Waals surface area contributed by atoms with Crippen LogP contribution in [0.3, 0.4) is 0 Å². The summed E-state index contributed by atoms with van der Waals surface area (Å²) in [6.45, 7) is -4.61. The number of aliphatic hydroxyl groups is 1. The molecule has 0 saturated carbocycles. The summed E-state index contributed by atoms with van der Waals surface area (Å²) in [5.74, 6) is 0. The maximum absolute atomic E-state index is 12.0. The molecule has 0 bridgehead atoms. The smallest absolute Gasteiger partial charge is 0.448 e. The van der Waals surface area contributed by atoms with E-state index in [2.05, 4.69) is 0 Å². The fraction of sp³-hybridized carbons (Fsp3) is 1.00. The summed E-state index contributed by atoms with van der Waals surface area (Å²) >= 11 is 0. The second kappa shape index (κ2) is 6.19. The van der Waals surface area contributed by atoms with Crippen molar-refractivity contribution in [3.05, 3.63) is 0 Å². The van der Waals surface area contributed by atoms with Gasteiger partial charge in [-0.3, -0.25) is 0 Å². The fourth-order valence-corrected chi connectivity index (χ4v) is 1.51. The Bertz CT molecular complexity index is 183. The molecule has 1 heterocycles. The Morgan fingerprint density at radius 3 is 2.36 bits per heavy atom. The number of rotatable bonds is 3. The Labute approximate surface area is 123 Å². The number of hydrogen-bond donors (Lipinski definition) is 1. The van der Waals surface area contributed by atoms with Crippen molar-refractivity contribution in [3.8, 4) is 0 Å². The largest absolute Gasteiger partial charge is 1.00 e. The standard InChI is InChI=1S/C6H12BF3NO2.K/c1-13-6-3-11(2-5(6)12)4-7(8,9)10;/h5-6,12H,2-4H2,1H3;/q-1;+1/t5-,6-;/m1./s1. The second-order valence-electron chi connectivity index (χ2n) is 3.27. The quantitative estimate of drug-likeness (QED) is 0.533. The van der Waals surface area contributed by atoms with Gasteiger partial charge < -0.3 is 27.7 Å². The van der Waals surface area contributed by atoms with Crippen LogP contribution >= 0.6 is 0 Å². The maximum atomic E-state index is 12.0. The van der Waals surface area contributed by atoms with Crippen LogP contribution in [0.1, 0.15) is 0 Å². The molecule has 1 saturated heterocycles. The van der Waals surface area contributed by atoms with Gasteiger partial charge in [-0.15, -0.1) is 0 Å². The van der Waals surface area contributed by atoms with Crippen LogP contribution in [0.15, 0.2) is 0 Å². The van der Waals surface area contributed by atoms with Gasteiger partial charge in [0.05, 0.1) is 12.2 Å². The van der Waals surface area contributed by atoms with Crippen molar-refractivity contribution in [2.75, 3.05) is 26.6 Å². The third-order valence-electron chi connectivity index (χ3n) is 2.08. The Morgan fingerprint density at radius 2 is 2.00 bits per heavy atom. The molecule has 1 aliphatic rings. The topological polar surface area (TPSA) is 32.7 Å². The van der Waals surface area contributed by atoms with E-state index in [1.54, 1.807) is 0 Å². The van der Waals surface area contributed by atoms with Crippen LogP contribution in [0.5, 0.6) is 0 Å². The Morgan fingerprint density at radius 1 is 1.43 bits per heavy atom. The minimum atomic E-state index is -4.80. The molecule has 3 nitrogen and oxygen atoms in total. The van der Waals surface area contributed by atoms with Crippen molar-refractivity contribution in [2.24, 2.45) is 0 Å². The first-order valence-electron chi connectivity index (χ1n) is 4.06. The molecule has 8 heteroatoms. The summed E-state index contributed by atoms with van der Waals surface area (Å²) in [5.41, 5.74) is 0. The maximum Gasteiger partial charge on any atom is 1.00 e. The molecular weight excluding hydrogens is 225 g/mol. The minimum absolute atomic E-state index is 0. The predicted octanol–water partition coefficient (Wildman–Crippen LogP) is -2.93. The van der Waals surface area contributed by atoms with Crippen molar-refractivity contribution in [1.29, 1.82) is 0 Å². The molecule has 0 amide bonds. The number of likely N-dealkylation sites (tertiary alicyclic amines) is 1. The van der Waals surface area contributed by atoms with E-state index in [0.717, 1.165) is 0 Å². The molecule has 78 valence electrons. The number of nitrogens with zero attached hydrogens (tertiary/aromatic N) is 1. The normalized spacial score (nSPS) is 28.9. The average Bonchev–Trinajstić information content (AvgIpc) is 2.26. The summed E-state index contributed by atoms with van der Waals surface area (Å²) in [6, 6.07) is 0. The first kappa shape index (κ1) is 15.4. The Balaban J connectivity index is 0.00000169. The van der Waals surface area contributed by atoms with Gasteiger partial charge in [0.1, 0.15) is 0 Å². The van der Waals surface area contributed by atoms with Crippen LogP contribution in [0.4, 0.5) is 12.9 Å². The molecule has 0 aromatic carbocycles. The van der Waals surface area contributed by atoms with Crippen molar-refractivity contribution in [2.45, 2.75) is 12.2 Å². The van der Waals surface area contributed by atoms with Gasteiger partial charge in [-0.05, 0) is 6.44 Å². The number of hydrogen-bond acceptors (Lipinski definition) is 3. The number of aliphatic hydroxyl groups excluding tert-OH is 1. The van der Waals surface area contributed by atoms with Crippen molar-refractivity contribution in [3.63, 3.8) is 0 Å². The zero-order valence-corrected chi connectivity index (χ0v) is 11.4. The monoisotopic (exact) mass is 237 g/mol. The summed E-state index contributed by atoms with van der Waals surface area (Å²) in [4.78, 5) is 1.17. The SMILES string of the molecule is CO[C@@H]1CN(C[B-](F)(F)F)C[C@H]1O.[K+]. The van der Waals surface area contributed by atoms with E-state index in [-0.39, 0.29) is 64.5 Å². The van der Waals surface area contributed by atoms with Gasteiger partial charge >= 0.3 is 58.4 Å². The molecule has 1 aliphatic heterocycles. The predicted molar refractivity (Wildman–Crippen MR) is 42.3 cm³/mol. The van der Waals surface area contributed by atoms with Crippen LogP contribution in [-0.2, 0) is 4.74 Å². The van der Waals surface area contributed by atoms with E-state index in [1.165, 1.54) is 12.0 Å². The summed E-state index contributed by atoms with van der Waals surface area (Å²) in [7, 11) is 1.39. The van der Waals surface area contributed by atoms with E-state index >= 15 is 0 Å².